The summed E-state index contributed by atoms with van der Waals surface area (Å²) in [6.45, 7) is 2.02. The Morgan fingerprint density at radius 1 is 1.35 bits per heavy atom. The largest absolute Gasteiger partial charge is 0.481 e. The van der Waals surface area contributed by atoms with Gasteiger partial charge in [-0.05, 0) is 36.3 Å². The minimum atomic E-state index is -0.793. The Bertz CT molecular complexity index is 483. The smallest absolute Gasteiger partial charge is 0.308 e. The maximum Gasteiger partial charge on any atom is 0.308 e. The second kappa shape index (κ2) is 6.88. The molecule has 0 bridgehead atoms. The quantitative estimate of drug-likeness (QED) is 0.839. The fourth-order valence-corrected chi connectivity index (χ4v) is 3.72. The molecule has 0 saturated heterocycles. The van der Waals surface area contributed by atoms with Crippen LogP contribution in [-0.2, 0) is 11.2 Å². The zero-order valence-electron chi connectivity index (χ0n) is 11.7. The highest BCUT2D eigenvalue weighted by molar-refractivity contribution is 7.12. The van der Waals surface area contributed by atoms with E-state index in [1.54, 1.807) is 0 Å². The zero-order valence-corrected chi connectivity index (χ0v) is 12.5. The molecule has 20 heavy (non-hydrogen) atoms. The van der Waals surface area contributed by atoms with Crippen molar-refractivity contribution < 1.29 is 14.7 Å². The molecule has 1 amide bonds. The van der Waals surface area contributed by atoms with Gasteiger partial charge in [-0.15, -0.1) is 11.3 Å². The third-order valence-corrected chi connectivity index (χ3v) is 4.94. The van der Waals surface area contributed by atoms with Crippen molar-refractivity contribution in [3.63, 3.8) is 0 Å². The molecule has 4 nitrogen and oxygen atoms in total. The summed E-state index contributed by atoms with van der Waals surface area (Å²) in [5.41, 5.74) is 1.04. The first-order valence-corrected chi connectivity index (χ1v) is 8.11. The van der Waals surface area contributed by atoms with Gasteiger partial charge in [0.1, 0.15) is 0 Å². The first kappa shape index (κ1) is 15.0. The average molecular weight is 295 g/mol. The van der Waals surface area contributed by atoms with E-state index in [-0.39, 0.29) is 11.9 Å². The predicted molar refractivity (Wildman–Crippen MR) is 79.2 cm³/mol. The third kappa shape index (κ3) is 3.39. The first-order valence-electron chi connectivity index (χ1n) is 7.23. The second-order valence-electron chi connectivity index (χ2n) is 5.29. The van der Waals surface area contributed by atoms with E-state index in [1.807, 2.05) is 18.4 Å². The summed E-state index contributed by atoms with van der Waals surface area (Å²) in [7, 11) is 0. The van der Waals surface area contributed by atoms with E-state index in [0.29, 0.717) is 6.42 Å². The number of carboxylic acids is 1. The summed E-state index contributed by atoms with van der Waals surface area (Å²) in [6.07, 6.45) is 5.21. The van der Waals surface area contributed by atoms with E-state index < -0.39 is 11.9 Å². The van der Waals surface area contributed by atoms with Gasteiger partial charge in [-0.2, -0.15) is 0 Å². The summed E-state index contributed by atoms with van der Waals surface area (Å²) < 4.78 is 0. The van der Waals surface area contributed by atoms with Gasteiger partial charge in [-0.3, -0.25) is 9.59 Å². The molecule has 1 heterocycles. The fourth-order valence-electron chi connectivity index (χ4n) is 2.82. The molecule has 1 aliphatic rings. The van der Waals surface area contributed by atoms with E-state index in [9.17, 15) is 14.7 Å². The Labute approximate surface area is 123 Å². The highest BCUT2D eigenvalue weighted by Crippen LogP contribution is 2.25. The van der Waals surface area contributed by atoms with Gasteiger partial charge in [0.15, 0.2) is 0 Å². The molecular formula is C15H21NO3S. The van der Waals surface area contributed by atoms with Crippen LogP contribution in [0.3, 0.4) is 0 Å². The lowest BCUT2D eigenvalue weighted by Gasteiger charge is -2.22. The van der Waals surface area contributed by atoms with E-state index in [0.717, 1.165) is 42.5 Å². The van der Waals surface area contributed by atoms with Gasteiger partial charge in [0, 0.05) is 6.04 Å². The van der Waals surface area contributed by atoms with E-state index in [2.05, 4.69) is 5.32 Å². The number of hydrogen-bond acceptors (Lipinski definition) is 3. The maximum absolute atomic E-state index is 12.3. The van der Waals surface area contributed by atoms with Crippen molar-refractivity contribution in [1.82, 2.24) is 5.32 Å². The molecule has 1 fully saturated rings. The number of carbonyl (C=O) groups is 2. The molecule has 110 valence electrons. The number of aryl methyl sites for hydroxylation is 1. The van der Waals surface area contributed by atoms with E-state index in [1.165, 1.54) is 11.3 Å². The Morgan fingerprint density at radius 3 is 2.80 bits per heavy atom. The monoisotopic (exact) mass is 295 g/mol. The van der Waals surface area contributed by atoms with Gasteiger partial charge in [-0.1, -0.05) is 26.2 Å². The molecule has 2 rings (SSSR count). The van der Waals surface area contributed by atoms with Crippen LogP contribution in [0.25, 0.3) is 0 Å². The van der Waals surface area contributed by atoms with Crippen LogP contribution in [0, 0.1) is 5.92 Å². The SMILES string of the molecule is CCc1ccsc1C(=O)N[C@H]1CCCCC[C@H]1C(=O)O. The third-order valence-electron chi connectivity index (χ3n) is 3.98. The molecule has 1 aromatic heterocycles. The van der Waals surface area contributed by atoms with Crippen molar-refractivity contribution in [2.75, 3.05) is 0 Å². The number of nitrogens with one attached hydrogen (secondary N) is 1. The molecule has 2 atom stereocenters. The van der Waals surface area contributed by atoms with E-state index >= 15 is 0 Å². The van der Waals surface area contributed by atoms with Crippen molar-refractivity contribution in [1.29, 1.82) is 0 Å². The lowest BCUT2D eigenvalue weighted by atomic mass is 9.94. The van der Waals surface area contributed by atoms with Crippen molar-refractivity contribution in [3.8, 4) is 0 Å². The molecule has 0 spiro atoms. The highest BCUT2D eigenvalue weighted by atomic mass is 32.1. The Balaban J connectivity index is 2.09. The lowest BCUT2D eigenvalue weighted by molar-refractivity contribution is -0.142. The number of carbonyl (C=O) groups excluding carboxylic acids is 1. The van der Waals surface area contributed by atoms with Crippen molar-refractivity contribution in [2.45, 2.75) is 51.5 Å². The standard InChI is InChI=1S/C15H21NO3S/c1-2-10-8-9-20-13(10)14(17)16-12-7-5-3-4-6-11(12)15(18)19/h8-9,11-12H,2-7H2,1H3,(H,16,17)(H,18,19)/t11-,12+/m1/s1. The van der Waals surface area contributed by atoms with Gasteiger partial charge in [-0.25, -0.2) is 0 Å². The van der Waals surface area contributed by atoms with E-state index in [4.69, 9.17) is 0 Å². The Hall–Kier alpha value is -1.36. The van der Waals surface area contributed by atoms with Crippen molar-refractivity contribution in [2.24, 2.45) is 5.92 Å². The molecule has 5 heteroatoms. The van der Waals surface area contributed by atoms with Crippen LogP contribution < -0.4 is 5.32 Å². The number of rotatable bonds is 4. The fraction of sp³-hybridized carbons (Fsp3) is 0.600. The van der Waals surface area contributed by atoms with Gasteiger partial charge in [0.05, 0.1) is 10.8 Å². The summed E-state index contributed by atoms with van der Waals surface area (Å²) >= 11 is 1.43. The van der Waals surface area contributed by atoms with Gasteiger partial charge in [0.2, 0.25) is 0 Å². The summed E-state index contributed by atoms with van der Waals surface area (Å²) in [5.74, 6) is -1.36. The van der Waals surface area contributed by atoms with Crippen LogP contribution in [0.2, 0.25) is 0 Å². The molecule has 1 saturated carbocycles. The number of carboxylic acid groups (broad SMARTS) is 1. The lowest BCUT2D eigenvalue weighted by Crippen LogP contribution is -2.42. The summed E-state index contributed by atoms with van der Waals surface area (Å²) in [4.78, 5) is 24.4. The molecular weight excluding hydrogens is 274 g/mol. The molecule has 0 aromatic carbocycles. The van der Waals surface area contributed by atoms with Crippen LogP contribution >= 0.6 is 11.3 Å². The Morgan fingerprint density at radius 2 is 2.10 bits per heavy atom. The number of aliphatic carboxylic acids is 1. The number of hydrogen-bond donors (Lipinski definition) is 2. The predicted octanol–water partition coefficient (Wildman–Crippen LogP) is 3.07. The Kier molecular flexibility index (Phi) is 5.17. The zero-order chi connectivity index (χ0) is 14.5. The molecule has 0 unspecified atom stereocenters. The number of thiophene rings is 1. The van der Waals surface area contributed by atoms with Crippen molar-refractivity contribution >= 4 is 23.2 Å². The molecule has 1 aromatic rings. The van der Waals surface area contributed by atoms with Crippen LogP contribution in [-0.4, -0.2) is 23.0 Å². The van der Waals surface area contributed by atoms with Crippen LogP contribution in [0.5, 0.6) is 0 Å². The van der Waals surface area contributed by atoms with Crippen LogP contribution in [0.15, 0.2) is 11.4 Å². The highest BCUT2D eigenvalue weighted by Gasteiger charge is 2.31. The first-order chi connectivity index (χ1) is 9.63. The van der Waals surface area contributed by atoms with Gasteiger partial charge in [0.25, 0.3) is 5.91 Å². The topological polar surface area (TPSA) is 66.4 Å². The number of amides is 1. The van der Waals surface area contributed by atoms with Gasteiger partial charge < -0.3 is 10.4 Å². The maximum atomic E-state index is 12.3. The van der Waals surface area contributed by atoms with Crippen LogP contribution in [0.4, 0.5) is 0 Å². The minimum absolute atomic E-state index is 0.116. The summed E-state index contributed by atoms with van der Waals surface area (Å²) in [5, 5.41) is 14.2. The molecule has 2 N–H and O–H groups in total. The average Bonchev–Trinajstić information content (AvgIpc) is 2.78. The van der Waals surface area contributed by atoms with Gasteiger partial charge >= 0.3 is 5.97 Å². The minimum Gasteiger partial charge on any atom is -0.481 e. The van der Waals surface area contributed by atoms with Crippen LogP contribution in [0.1, 0.15) is 54.3 Å². The molecule has 0 aliphatic heterocycles. The van der Waals surface area contributed by atoms with Crippen molar-refractivity contribution in [3.05, 3.63) is 21.9 Å². The summed E-state index contributed by atoms with van der Waals surface area (Å²) in [6, 6.07) is 1.72. The molecule has 0 radical (unpaired) electrons. The normalized spacial score (nSPS) is 23.1. The molecule has 1 aliphatic carbocycles. The second-order valence-corrected chi connectivity index (χ2v) is 6.21.